The lowest BCUT2D eigenvalue weighted by molar-refractivity contribution is -0.131. The SMILES string of the molecule is COc1cccc(/C(=C\C(=O)O)c2ccccc2Cl)c1. The molecule has 3 nitrogen and oxygen atoms in total. The van der Waals surface area contributed by atoms with Crippen molar-refractivity contribution in [3.63, 3.8) is 0 Å². The number of hydrogen-bond donors (Lipinski definition) is 1. The number of benzene rings is 2. The molecule has 2 rings (SSSR count). The molecule has 1 N–H and O–H groups in total. The summed E-state index contributed by atoms with van der Waals surface area (Å²) in [4.78, 5) is 11.1. The first kappa shape index (κ1) is 14.2. The molecule has 0 bridgehead atoms. The maximum atomic E-state index is 11.1. The fraction of sp³-hybridized carbons (Fsp3) is 0.0625. The number of rotatable bonds is 4. The van der Waals surface area contributed by atoms with Gasteiger partial charge in [-0.05, 0) is 29.3 Å². The molecular weight excluding hydrogens is 276 g/mol. The maximum absolute atomic E-state index is 11.1. The van der Waals surface area contributed by atoms with Gasteiger partial charge in [0.2, 0.25) is 0 Å². The molecule has 2 aromatic carbocycles. The molecule has 0 atom stereocenters. The minimum Gasteiger partial charge on any atom is -0.497 e. The molecule has 0 aromatic heterocycles. The second-order valence-electron chi connectivity index (χ2n) is 4.11. The second kappa shape index (κ2) is 6.26. The predicted octanol–water partition coefficient (Wildman–Crippen LogP) is 3.86. The molecule has 2 aromatic rings. The van der Waals surface area contributed by atoms with Crippen molar-refractivity contribution in [2.75, 3.05) is 7.11 Å². The van der Waals surface area contributed by atoms with E-state index in [2.05, 4.69) is 0 Å². The van der Waals surface area contributed by atoms with E-state index >= 15 is 0 Å². The Hall–Kier alpha value is -2.26. The number of carboxylic acid groups (broad SMARTS) is 1. The number of halogens is 1. The first-order chi connectivity index (χ1) is 9.61. The Kier molecular flexibility index (Phi) is 4.43. The summed E-state index contributed by atoms with van der Waals surface area (Å²) >= 11 is 6.16. The molecule has 4 heteroatoms. The third kappa shape index (κ3) is 3.19. The highest BCUT2D eigenvalue weighted by molar-refractivity contribution is 6.32. The molecule has 0 heterocycles. The lowest BCUT2D eigenvalue weighted by atomic mass is 9.97. The maximum Gasteiger partial charge on any atom is 0.328 e. The molecule has 102 valence electrons. The van der Waals surface area contributed by atoms with Crippen molar-refractivity contribution in [1.29, 1.82) is 0 Å². The van der Waals surface area contributed by atoms with E-state index in [-0.39, 0.29) is 0 Å². The Morgan fingerprint density at radius 2 is 1.95 bits per heavy atom. The topological polar surface area (TPSA) is 46.5 Å². The standard InChI is InChI=1S/C16H13ClO3/c1-20-12-6-4-5-11(9-12)14(10-16(18)19)13-7-2-3-8-15(13)17/h2-10H,1H3,(H,18,19)/b14-10+. The summed E-state index contributed by atoms with van der Waals surface area (Å²) in [6.07, 6.45) is 1.15. The normalized spacial score (nSPS) is 11.2. The molecule has 0 spiro atoms. The fourth-order valence-electron chi connectivity index (χ4n) is 1.91. The van der Waals surface area contributed by atoms with Gasteiger partial charge in [0.05, 0.1) is 7.11 Å². The Labute approximate surface area is 122 Å². The zero-order valence-corrected chi connectivity index (χ0v) is 11.6. The van der Waals surface area contributed by atoms with Crippen LogP contribution in [0.1, 0.15) is 11.1 Å². The predicted molar refractivity (Wildman–Crippen MR) is 79.2 cm³/mol. The van der Waals surface area contributed by atoms with Crippen LogP contribution in [0.2, 0.25) is 5.02 Å². The van der Waals surface area contributed by atoms with Gasteiger partial charge in [-0.1, -0.05) is 41.9 Å². The van der Waals surface area contributed by atoms with Crippen LogP contribution in [0.15, 0.2) is 54.6 Å². The zero-order valence-electron chi connectivity index (χ0n) is 10.8. The summed E-state index contributed by atoms with van der Waals surface area (Å²) < 4.78 is 5.17. The highest BCUT2D eigenvalue weighted by Gasteiger charge is 2.11. The zero-order chi connectivity index (χ0) is 14.5. The highest BCUT2D eigenvalue weighted by Crippen LogP contribution is 2.30. The summed E-state index contributed by atoms with van der Waals surface area (Å²) in [5.74, 6) is -0.367. The largest absolute Gasteiger partial charge is 0.497 e. The summed E-state index contributed by atoms with van der Waals surface area (Å²) in [5, 5.41) is 9.58. The van der Waals surface area contributed by atoms with E-state index in [9.17, 15) is 4.79 Å². The lowest BCUT2D eigenvalue weighted by Gasteiger charge is -2.10. The van der Waals surface area contributed by atoms with Crippen LogP contribution >= 0.6 is 11.6 Å². The molecule has 0 unspecified atom stereocenters. The van der Waals surface area contributed by atoms with E-state index < -0.39 is 5.97 Å². The number of hydrogen-bond acceptors (Lipinski definition) is 2. The molecule has 0 aliphatic carbocycles. The Morgan fingerprint density at radius 1 is 1.20 bits per heavy atom. The van der Waals surface area contributed by atoms with Crippen LogP contribution in [0.5, 0.6) is 5.75 Å². The first-order valence-electron chi connectivity index (χ1n) is 5.96. The molecule has 0 amide bonds. The average Bonchev–Trinajstić information content (AvgIpc) is 2.45. The number of carbonyl (C=O) groups is 1. The van der Waals surface area contributed by atoms with Gasteiger partial charge in [0.25, 0.3) is 0 Å². The van der Waals surface area contributed by atoms with Crippen LogP contribution in [0.3, 0.4) is 0 Å². The van der Waals surface area contributed by atoms with Gasteiger partial charge in [-0.25, -0.2) is 4.79 Å². The number of carboxylic acids is 1. The number of ether oxygens (including phenoxy) is 1. The second-order valence-corrected chi connectivity index (χ2v) is 4.52. The molecule has 0 aliphatic rings. The van der Waals surface area contributed by atoms with Crippen molar-refractivity contribution >= 4 is 23.1 Å². The molecule has 0 saturated carbocycles. The van der Waals surface area contributed by atoms with Gasteiger partial charge >= 0.3 is 5.97 Å². The lowest BCUT2D eigenvalue weighted by Crippen LogP contribution is -1.96. The van der Waals surface area contributed by atoms with Gasteiger partial charge in [0, 0.05) is 16.7 Å². The minimum absolute atomic E-state index is 0.503. The molecule has 0 fully saturated rings. The van der Waals surface area contributed by atoms with Gasteiger partial charge in [-0.2, -0.15) is 0 Å². The van der Waals surface area contributed by atoms with Crippen LogP contribution < -0.4 is 4.74 Å². The number of methoxy groups -OCH3 is 1. The quantitative estimate of drug-likeness (QED) is 0.869. The first-order valence-corrected chi connectivity index (χ1v) is 6.33. The third-order valence-electron chi connectivity index (χ3n) is 2.81. The van der Waals surface area contributed by atoms with Crippen LogP contribution in [-0.2, 0) is 4.79 Å². The van der Waals surface area contributed by atoms with Gasteiger partial charge in [-0.15, -0.1) is 0 Å². The van der Waals surface area contributed by atoms with E-state index in [4.69, 9.17) is 21.4 Å². The average molecular weight is 289 g/mol. The molecular formula is C16H13ClO3. The van der Waals surface area contributed by atoms with Crippen molar-refractivity contribution in [1.82, 2.24) is 0 Å². The van der Waals surface area contributed by atoms with Gasteiger partial charge < -0.3 is 9.84 Å². The fourth-order valence-corrected chi connectivity index (χ4v) is 2.15. The third-order valence-corrected chi connectivity index (χ3v) is 3.14. The van der Waals surface area contributed by atoms with E-state index in [0.717, 1.165) is 11.6 Å². The Bertz CT molecular complexity index is 662. The summed E-state index contributed by atoms with van der Waals surface area (Å²) in [6, 6.07) is 14.3. The van der Waals surface area contributed by atoms with Crippen molar-refractivity contribution in [2.24, 2.45) is 0 Å². The molecule has 0 aliphatic heterocycles. The van der Waals surface area contributed by atoms with E-state index in [1.54, 1.807) is 43.5 Å². The van der Waals surface area contributed by atoms with E-state index in [1.165, 1.54) is 0 Å². The van der Waals surface area contributed by atoms with Crippen molar-refractivity contribution in [3.8, 4) is 5.75 Å². The van der Waals surface area contributed by atoms with Crippen LogP contribution in [-0.4, -0.2) is 18.2 Å². The molecule has 0 radical (unpaired) electrons. The molecule has 20 heavy (non-hydrogen) atoms. The highest BCUT2D eigenvalue weighted by atomic mass is 35.5. The van der Waals surface area contributed by atoms with Gasteiger partial charge in [0.1, 0.15) is 5.75 Å². The summed E-state index contributed by atoms with van der Waals surface area (Å²) in [7, 11) is 1.56. The van der Waals surface area contributed by atoms with Gasteiger partial charge in [0.15, 0.2) is 0 Å². The van der Waals surface area contributed by atoms with E-state index in [1.807, 2.05) is 12.1 Å². The minimum atomic E-state index is -1.03. The Balaban J connectivity index is 2.59. The summed E-state index contributed by atoms with van der Waals surface area (Å²) in [5.41, 5.74) is 1.95. The van der Waals surface area contributed by atoms with Crippen LogP contribution in [0, 0.1) is 0 Å². The number of aliphatic carboxylic acids is 1. The Morgan fingerprint density at radius 3 is 2.60 bits per heavy atom. The van der Waals surface area contributed by atoms with E-state index in [0.29, 0.717) is 21.9 Å². The van der Waals surface area contributed by atoms with Crippen LogP contribution in [0.4, 0.5) is 0 Å². The van der Waals surface area contributed by atoms with Crippen molar-refractivity contribution in [2.45, 2.75) is 0 Å². The van der Waals surface area contributed by atoms with Gasteiger partial charge in [-0.3, -0.25) is 0 Å². The summed E-state index contributed by atoms with van der Waals surface area (Å²) in [6.45, 7) is 0. The monoisotopic (exact) mass is 288 g/mol. The molecule has 0 saturated heterocycles. The van der Waals surface area contributed by atoms with Crippen LogP contribution in [0.25, 0.3) is 5.57 Å². The van der Waals surface area contributed by atoms with Crippen molar-refractivity contribution < 1.29 is 14.6 Å². The smallest absolute Gasteiger partial charge is 0.328 e. The van der Waals surface area contributed by atoms with Crippen molar-refractivity contribution in [3.05, 3.63) is 70.8 Å².